The zero-order chi connectivity index (χ0) is 29.1. The number of aryl methyl sites for hydroxylation is 1. The average molecular weight is 591 g/mol. The molecule has 42 heavy (non-hydrogen) atoms. The van der Waals surface area contributed by atoms with Crippen molar-refractivity contribution in [3.8, 4) is 11.4 Å². The Kier molecular flexibility index (Phi) is 8.31. The highest BCUT2D eigenvalue weighted by Gasteiger charge is 2.39. The minimum absolute atomic E-state index is 0.124. The van der Waals surface area contributed by atoms with E-state index in [0.29, 0.717) is 30.9 Å². The zero-order valence-corrected chi connectivity index (χ0v) is 24.3. The molecule has 0 unspecified atom stereocenters. The van der Waals surface area contributed by atoms with Crippen LogP contribution in [0.3, 0.4) is 0 Å². The lowest BCUT2D eigenvalue weighted by Crippen LogP contribution is -2.41. The van der Waals surface area contributed by atoms with E-state index in [9.17, 15) is 9.59 Å². The number of rotatable bonds is 8. The van der Waals surface area contributed by atoms with E-state index in [1.807, 2.05) is 41.1 Å². The maximum absolute atomic E-state index is 13.0. The number of hydroxylamine groups is 1. The number of nitrogens with zero attached hydrogens (tertiary/aromatic N) is 4. The molecule has 12 heteroatoms. The molecule has 2 aliphatic rings. The summed E-state index contributed by atoms with van der Waals surface area (Å²) in [5, 5.41) is 15.1. The first-order chi connectivity index (χ1) is 20.5. The predicted octanol–water partition coefficient (Wildman–Crippen LogP) is 3.04. The van der Waals surface area contributed by atoms with Gasteiger partial charge in [-0.2, -0.15) is 0 Å². The molecule has 2 amide bonds. The zero-order valence-electron chi connectivity index (χ0n) is 23.5. The summed E-state index contributed by atoms with van der Waals surface area (Å²) in [6, 6.07) is 11.0. The van der Waals surface area contributed by atoms with Crippen molar-refractivity contribution in [2.75, 3.05) is 52.6 Å². The fourth-order valence-electron chi connectivity index (χ4n) is 5.81. The number of thiazole rings is 1. The van der Waals surface area contributed by atoms with Crippen molar-refractivity contribution in [3.05, 3.63) is 75.4 Å². The van der Waals surface area contributed by atoms with E-state index >= 15 is 0 Å². The van der Waals surface area contributed by atoms with Gasteiger partial charge in [-0.05, 0) is 49.6 Å². The van der Waals surface area contributed by atoms with Crippen molar-refractivity contribution in [1.82, 2.24) is 30.1 Å². The van der Waals surface area contributed by atoms with Crippen molar-refractivity contribution < 1.29 is 24.3 Å². The maximum atomic E-state index is 13.0. The van der Waals surface area contributed by atoms with Crippen molar-refractivity contribution in [2.45, 2.75) is 25.2 Å². The lowest BCUT2D eigenvalue weighted by molar-refractivity contribution is 0.0383. The summed E-state index contributed by atoms with van der Waals surface area (Å²) in [4.78, 5) is 37.1. The summed E-state index contributed by atoms with van der Waals surface area (Å²) in [6.07, 6.45) is 3.35. The van der Waals surface area contributed by atoms with Gasteiger partial charge in [0.1, 0.15) is 16.3 Å². The highest BCUT2D eigenvalue weighted by atomic mass is 32.1. The standard InChI is InChI=1S/C30H34N6O5S/c1-20-26(36-18-22(4-7-25(36)32-20)27(37)31-10-11-35-12-16-41-17-13-35)24-19-42-29(33-24)30(8-14-40-15-9-30)23-5-2-21(3-6-23)28(38)34-39/h2-7,18-19,39H,8-17H2,1H3,(H,31,37)(H,34,38). The Bertz CT molecular complexity index is 1570. The first-order valence-corrected chi connectivity index (χ1v) is 15.0. The molecule has 0 aliphatic carbocycles. The van der Waals surface area contributed by atoms with Crippen LogP contribution < -0.4 is 10.8 Å². The summed E-state index contributed by atoms with van der Waals surface area (Å²) in [5.41, 5.74) is 6.54. The third kappa shape index (κ3) is 5.55. The molecule has 6 rings (SSSR count). The Hall–Kier alpha value is -3.68. The van der Waals surface area contributed by atoms with Gasteiger partial charge in [-0.3, -0.25) is 24.1 Å². The highest BCUT2D eigenvalue weighted by Crippen LogP contribution is 2.44. The van der Waals surface area contributed by atoms with Crippen molar-refractivity contribution in [1.29, 1.82) is 0 Å². The van der Waals surface area contributed by atoms with E-state index in [0.717, 1.165) is 79.0 Å². The number of imidazole rings is 1. The summed E-state index contributed by atoms with van der Waals surface area (Å²) in [5.74, 6) is -0.673. The van der Waals surface area contributed by atoms with E-state index in [4.69, 9.17) is 24.6 Å². The summed E-state index contributed by atoms with van der Waals surface area (Å²) < 4.78 is 13.1. The van der Waals surface area contributed by atoms with E-state index in [1.165, 1.54) is 0 Å². The molecule has 11 nitrogen and oxygen atoms in total. The molecular formula is C30H34N6O5S. The molecule has 0 saturated carbocycles. The van der Waals surface area contributed by atoms with Crippen LogP contribution in [0.2, 0.25) is 0 Å². The number of morpholine rings is 1. The third-order valence-corrected chi connectivity index (χ3v) is 9.22. The van der Waals surface area contributed by atoms with Gasteiger partial charge in [-0.1, -0.05) is 12.1 Å². The maximum Gasteiger partial charge on any atom is 0.274 e. The number of carbonyl (C=O) groups is 2. The molecule has 220 valence electrons. The third-order valence-electron chi connectivity index (χ3n) is 8.18. The van der Waals surface area contributed by atoms with Gasteiger partial charge in [0, 0.05) is 56.5 Å². The van der Waals surface area contributed by atoms with Gasteiger partial charge in [-0.25, -0.2) is 15.4 Å². The number of fused-ring (bicyclic) bond motifs is 1. The van der Waals surface area contributed by atoms with Gasteiger partial charge < -0.3 is 14.8 Å². The van der Waals surface area contributed by atoms with Crippen molar-refractivity contribution >= 4 is 28.8 Å². The van der Waals surface area contributed by atoms with Gasteiger partial charge in [-0.15, -0.1) is 11.3 Å². The Balaban J connectivity index is 1.27. The second kappa shape index (κ2) is 12.3. The number of hydrogen-bond acceptors (Lipinski definition) is 9. The number of pyridine rings is 1. The monoisotopic (exact) mass is 590 g/mol. The van der Waals surface area contributed by atoms with Gasteiger partial charge in [0.25, 0.3) is 11.8 Å². The normalized spacial score (nSPS) is 17.3. The molecule has 2 saturated heterocycles. The average Bonchev–Trinajstić information content (AvgIpc) is 3.65. The molecule has 5 heterocycles. The molecule has 3 N–H and O–H groups in total. The van der Waals surface area contributed by atoms with Crippen LogP contribution in [0, 0.1) is 6.92 Å². The van der Waals surface area contributed by atoms with Gasteiger partial charge >= 0.3 is 0 Å². The van der Waals surface area contributed by atoms with E-state index < -0.39 is 5.91 Å². The van der Waals surface area contributed by atoms with Crippen LogP contribution in [0.5, 0.6) is 0 Å². The number of hydrogen-bond donors (Lipinski definition) is 3. The Morgan fingerprint density at radius 1 is 0.976 bits per heavy atom. The summed E-state index contributed by atoms with van der Waals surface area (Å²) in [6.45, 7) is 7.76. The minimum Gasteiger partial charge on any atom is -0.381 e. The number of carbonyl (C=O) groups excluding carboxylic acids is 2. The molecule has 2 aliphatic heterocycles. The molecule has 0 atom stereocenters. The molecule has 0 radical (unpaired) electrons. The van der Waals surface area contributed by atoms with Crippen LogP contribution in [-0.2, 0) is 14.9 Å². The first-order valence-electron chi connectivity index (χ1n) is 14.1. The second-order valence-corrected chi connectivity index (χ2v) is 11.5. The van der Waals surface area contributed by atoms with Gasteiger partial charge in [0.05, 0.1) is 35.6 Å². The number of amides is 2. The smallest absolute Gasteiger partial charge is 0.274 e. The second-order valence-electron chi connectivity index (χ2n) is 10.7. The van der Waals surface area contributed by atoms with Crippen LogP contribution in [0.1, 0.15) is 49.8 Å². The molecule has 1 aromatic carbocycles. The molecular weight excluding hydrogens is 556 g/mol. The van der Waals surface area contributed by atoms with Crippen LogP contribution >= 0.6 is 11.3 Å². The molecule has 0 spiro atoms. The SMILES string of the molecule is Cc1nc2ccc(C(=O)NCCN3CCOCC3)cn2c1-c1csc(C2(c3ccc(C(=O)NO)cc3)CCOCC2)n1. The van der Waals surface area contributed by atoms with E-state index in [-0.39, 0.29) is 11.3 Å². The van der Waals surface area contributed by atoms with Crippen molar-refractivity contribution in [3.63, 3.8) is 0 Å². The predicted molar refractivity (Wildman–Crippen MR) is 157 cm³/mol. The van der Waals surface area contributed by atoms with E-state index in [2.05, 4.69) is 10.2 Å². The minimum atomic E-state index is -0.549. The van der Waals surface area contributed by atoms with E-state index in [1.54, 1.807) is 35.0 Å². The fraction of sp³-hybridized carbons (Fsp3) is 0.400. The Morgan fingerprint density at radius 3 is 2.43 bits per heavy atom. The Morgan fingerprint density at radius 2 is 1.69 bits per heavy atom. The highest BCUT2D eigenvalue weighted by molar-refractivity contribution is 7.10. The number of aromatic nitrogens is 3. The van der Waals surface area contributed by atoms with Gasteiger partial charge in [0.2, 0.25) is 0 Å². The number of benzene rings is 1. The molecule has 4 aromatic rings. The van der Waals surface area contributed by atoms with Crippen LogP contribution in [0.25, 0.3) is 17.0 Å². The van der Waals surface area contributed by atoms with Crippen LogP contribution in [0.15, 0.2) is 48.0 Å². The quantitative estimate of drug-likeness (QED) is 0.211. The molecule has 3 aromatic heterocycles. The lowest BCUT2D eigenvalue weighted by Gasteiger charge is -2.36. The summed E-state index contributed by atoms with van der Waals surface area (Å²) in [7, 11) is 0. The largest absolute Gasteiger partial charge is 0.381 e. The lowest BCUT2D eigenvalue weighted by atomic mass is 9.74. The van der Waals surface area contributed by atoms with Gasteiger partial charge in [0.15, 0.2) is 0 Å². The fourth-order valence-corrected chi connectivity index (χ4v) is 6.90. The molecule has 0 bridgehead atoms. The topological polar surface area (TPSA) is 130 Å². The number of ether oxygens (including phenoxy) is 2. The molecule has 2 fully saturated rings. The van der Waals surface area contributed by atoms with Crippen LogP contribution in [-0.4, -0.2) is 88.9 Å². The van der Waals surface area contributed by atoms with Crippen LogP contribution in [0.4, 0.5) is 0 Å². The van der Waals surface area contributed by atoms with Crippen molar-refractivity contribution in [2.24, 2.45) is 0 Å². The Labute approximate surface area is 247 Å². The number of nitrogens with one attached hydrogen (secondary N) is 2. The summed E-state index contributed by atoms with van der Waals surface area (Å²) >= 11 is 1.60. The first kappa shape index (κ1) is 28.4.